The summed E-state index contributed by atoms with van der Waals surface area (Å²) >= 11 is 6.29. The molecule has 0 fully saturated rings. The second-order valence-corrected chi connectivity index (χ2v) is 5.44. The number of benzene rings is 1. The lowest BCUT2D eigenvalue weighted by atomic mass is 10.1. The number of ether oxygens (including phenoxy) is 1. The molecule has 1 unspecified atom stereocenters. The van der Waals surface area contributed by atoms with Gasteiger partial charge in [0.25, 0.3) is 5.91 Å². The molecule has 1 aromatic carbocycles. The summed E-state index contributed by atoms with van der Waals surface area (Å²) in [6.45, 7) is 7.73. The molecular weight excluding hydrogens is 300 g/mol. The summed E-state index contributed by atoms with van der Waals surface area (Å²) in [6.07, 6.45) is 3.61. The Morgan fingerprint density at radius 2 is 2.36 bits per heavy atom. The third-order valence-electron chi connectivity index (χ3n) is 3.34. The maximum atomic E-state index is 12.2. The first kappa shape index (κ1) is 16.5. The third kappa shape index (κ3) is 3.64. The number of nitrogens with zero attached hydrogens (tertiary/aromatic N) is 1. The van der Waals surface area contributed by atoms with E-state index >= 15 is 0 Å². The first-order valence-corrected chi connectivity index (χ1v) is 7.49. The van der Waals surface area contributed by atoms with E-state index in [1.54, 1.807) is 25.3 Å². The average Bonchev–Trinajstić information content (AvgIpc) is 2.51. The number of rotatable bonds is 6. The van der Waals surface area contributed by atoms with Gasteiger partial charge < -0.3 is 10.1 Å². The molecule has 0 aliphatic heterocycles. The van der Waals surface area contributed by atoms with Crippen LogP contribution in [0.25, 0.3) is 10.9 Å². The zero-order valence-electron chi connectivity index (χ0n) is 12.7. The van der Waals surface area contributed by atoms with Gasteiger partial charge in [0.2, 0.25) is 0 Å². The van der Waals surface area contributed by atoms with Crippen LogP contribution in [-0.2, 0) is 9.53 Å². The summed E-state index contributed by atoms with van der Waals surface area (Å²) in [4.78, 5) is 16.6. The van der Waals surface area contributed by atoms with Gasteiger partial charge in [-0.1, -0.05) is 17.7 Å². The van der Waals surface area contributed by atoms with Crippen molar-refractivity contribution in [2.45, 2.75) is 26.4 Å². The predicted molar refractivity (Wildman–Crippen MR) is 90.3 cm³/mol. The van der Waals surface area contributed by atoms with Crippen LogP contribution in [0.2, 0.25) is 5.02 Å². The lowest BCUT2D eigenvalue weighted by Crippen LogP contribution is -2.28. The molecule has 0 saturated carbocycles. The molecule has 1 aromatic heterocycles. The topological polar surface area (TPSA) is 51.2 Å². The molecule has 0 bridgehead atoms. The van der Waals surface area contributed by atoms with Gasteiger partial charge >= 0.3 is 0 Å². The molecule has 5 heteroatoms. The number of carbonyl (C=O) groups excluding carboxylic acids is 1. The molecule has 1 amide bonds. The molecule has 22 heavy (non-hydrogen) atoms. The highest BCUT2D eigenvalue weighted by Gasteiger charge is 2.17. The molecular formula is C17H19ClN2O2. The number of aryl methyl sites for hydroxylation is 1. The standard InChI is InChI=1S/C17H19ClN2O2/c1-4-5-9-22-12(3)17(21)20-16-13-7-6-8-19-15(13)11(2)10-14(16)18/h4,6-8,10,12H,1,5,9H2,2-3H3,(H,20,21). The van der Waals surface area contributed by atoms with Crippen LogP contribution in [0.1, 0.15) is 18.9 Å². The summed E-state index contributed by atoms with van der Waals surface area (Å²) in [7, 11) is 0. The van der Waals surface area contributed by atoms with Crippen LogP contribution in [0, 0.1) is 6.92 Å². The van der Waals surface area contributed by atoms with E-state index in [0.717, 1.165) is 16.5 Å². The molecule has 1 N–H and O–H groups in total. The van der Waals surface area contributed by atoms with Gasteiger partial charge in [0.1, 0.15) is 6.10 Å². The van der Waals surface area contributed by atoms with Crippen molar-refractivity contribution in [2.75, 3.05) is 11.9 Å². The first-order valence-electron chi connectivity index (χ1n) is 7.11. The Balaban J connectivity index is 2.24. The Labute approximate surface area is 135 Å². The minimum Gasteiger partial charge on any atom is -0.368 e. The molecule has 1 heterocycles. The maximum absolute atomic E-state index is 12.2. The average molecular weight is 319 g/mol. The smallest absolute Gasteiger partial charge is 0.253 e. The van der Waals surface area contributed by atoms with Gasteiger partial charge in [-0.25, -0.2) is 0 Å². The molecule has 0 aliphatic rings. The van der Waals surface area contributed by atoms with Crippen LogP contribution in [0.15, 0.2) is 37.1 Å². The molecule has 0 saturated heterocycles. The Kier molecular flexibility index (Phi) is 5.52. The highest BCUT2D eigenvalue weighted by atomic mass is 35.5. The Hall–Kier alpha value is -1.91. The van der Waals surface area contributed by atoms with E-state index in [-0.39, 0.29) is 5.91 Å². The van der Waals surface area contributed by atoms with Crippen molar-refractivity contribution >= 4 is 34.1 Å². The van der Waals surface area contributed by atoms with Crippen molar-refractivity contribution in [3.05, 3.63) is 47.6 Å². The summed E-state index contributed by atoms with van der Waals surface area (Å²) in [5.41, 5.74) is 2.36. The zero-order chi connectivity index (χ0) is 16.1. The Bertz CT molecular complexity index is 700. The SMILES string of the molecule is C=CCCOC(C)C(=O)Nc1c(Cl)cc(C)c2ncccc12. The number of nitrogens with one attached hydrogen (secondary N) is 1. The highest BCUT2D eigenvalue weighted by molar-refractivity contribution is 6.35. The highest BCUT2D eigenvalue weighted by Crippen LogP contribution is 2.32. The normalized spacial score (nSPS) is 12.1. The predicted octanol–water partition coefficient (Wildman–Crippen LogP) is 4.12. The number of hydrogen-bond donors (Lipinski definition) is 1. The van der Waals surface area contributed by atoms with E-state index in [1.165, 1.54) is 0 Å². The van der Waals surface area contributed by atoms with Gasteiger partial charge in [-0.05, 0) is 44.0 Å². The van der Waals surface area contributed by atoms with E-state index in [0.29, 0.717) is 23.7 Å². The van der Waals surface area contributed by atoms with E-state index in [4.69, 9.17) is 16.3 Å². The monoisotopic (exact) mass is 318 g/mol. The largest absolute Gasteiger partial charge is 0.368 e. The van der Waals surface area contributed by atoms with Crippen LogP contribution in [0.4, 0.5) is 5.69 Å². The van der Waals surface area contributed by atoms with E-state index in [9.17, 15) is 4.79 Å². The summed E-state index contributed by atoms with van der Waals surface area (Å²) in [5, 5.41) is 4.15. The number of halogens is 1. The van der Waals surface area contributed by atoms with E-state index < -0.39 is 6.10 Å². The molecule has 2 aromatic rings. The van der Waals surface area contributed by atoms with Crippen molar-refractivity contribution in [1.29, 1.82) is 0 Å². The second-order valence-electron chi connectivity index (χ2n) is 5.03. The van der Waals surface area contributed by atoms with Gasteiger partial charge in [-0.2, -0.15) is 0 Å². The quantitative estimate of drug-likeness (QED) is 0.644. The summed E-state index contributed by atoms with van der Waals surface area (Å²) < 4.78 is 5.45. The van der Waals surface area contributed by atoms with Gasteiger partial charge in [0.05, 0.1) is 22.8 Å². The van der Waals surface area contributed by atoms with Crippen molar-refractivity contribution in [3.8, 4) is 0 Å². The number of aromatic nitrogens is 1. The third-order valence-corrected chi connectivity index (χ3v) is 3.64. The van der Waals surface area contributed by atoms with Crippen LogP contribution >= 0.6 is 11.6 Å². The fraction of sp³-hybridized carbons (Fsp3) is 0.294. The molecule has 116 valence electrons. The number of hydrogen-bond acceptors (Lipinski definition) is 3. The van der Waals surface area contributed by atoms with Crippen molar-refractivity contribution < 1.29 is 9.53 Å². The lowest BCUT2D eigenvalue weighted by molar-refractivity contribution is -0.126. The second kappa shape index (κ2) is 7.38. The molecule has 4 nitrogen and oxygen atoms in total. The molecule has 0 radical (unpaired) electrons. The van der Waals surface area contributed by atoms with Crippen LogP contribution in [0.3, 0.4) is 0 Å². The number of anilines is 1. The summed E-state index contributed by atoms with van der Waals surface area (Å²) in [5.74, 6) is -0.236. The van der Waals surface area contributed by atoms with Crippen LogP contribution < -0.4 is 5.32 Å². The maximum Gasteiger partial charge on any atom is 0.253 e. The number of fused-ring (bicyclic) bond motifs is 1. The van der Waals surface area contributed by atoms with Gasteiger partial charge in [-0.15, -0.1) is 6.58 Å². The van der Waals surface area contributed by atoms with Crippen LogP contribution in [0.5, 0.6) is 0 Å². The number of pyridine rings is 1. The Morgan fingerprint density at radius 3 is 3.09 bits per heavy atom. The van der Waals surface area contributed by atoms with Crippen molar-refractivity contribution in [3.63, 3.8) is 0 Å². The summed E-state index contributed by atoms with van der Waals surface area (Å²) in [6, 6.07) is 5.51. The van der Waals surface area contributed by atoms with E-state index in [2.05, 4.69) is 16.9 Å². The minimum atomic E-state index is -0.566. The number of amides is 1. The van der Waals surface area contributed by atoms with Crippen LogP contribution in [-0.4, -0.2) is 23.6 Å². The lowest BCUT2D eigenvalue weighted by Gasteiger charge is -2.16. The van der Waals surface area contributed by atoms with Crippen molar-refractivity contribution in [1.82, 2.24) is 4.98 Å². The van der Waals surface area contributed by atoms with Gasteiger partial charge in [-0.3, -0.25) is 9.78 Å². The van der Waals surface area contributed by atoms with Gasteiger partial charge in [0.15, 0.2) is 0 Å². The minimum absolute atomic E-state index is 0.236. The molecule has 1 atom stereocenters. The van der Waals surface area contributed by atoms with Crippen molar-refractivity contribution in [2.24, 2.45) is 0 Å². The molecule has 2 rings (SSSR count). The van der Waals surface area contributed by atoms with Gasteiger partial charge in [0, 0.05) is 11.6 Å². The fourth-order valence-corrected chi connectivity index (χ4v) is 2.45. The number of carbonyl (C=O) groups is 1. The fourth-order valence-electron chi connectivity index (χ4n) is 2.14. The zero-order valence-corrected chi connectivity index (χ0v) is 13.5. The first-order chi connectivity index (χ1) is 10.5. The molecule has 0 aliphatic carbocycles. The molecule has 0 spiro atoms. The Morgan fingerprint density at radius 1 is 1.59 bits per heavy atom. The van der Waals surface area contributed by atoms with E-state index in [1.807, 2.05) is 19.1 Å².